The number of benzene rings is 1. The molecule has 0 radical (unpaired) electrons. The lowest BCUT2D eigenvalue weighted by molar-refractivity contribution is 0.0200. The minimum absolute atomic E-state index is 0. The summed E-state index contributed by atoms with van der Waals surface area (Å²) in [5, 5.41) is 3.20. The van der Waals surface area contributed by atoms with Crippen molar-refractivity contribution < 1.29 is 13.2 Å². The topological polar surface area (TPSA) is 86.3 Å². The first-order valence-electron chi connectivity index (χ1n) is 10.9. The van der Waals surface area contributed by atoms with E-state index in [1.807, 2.05) is 6.07 Å². The molecule has 0 amide bonds. The van der Waals surface area contributed by atoms with Crippen LogP contribution in [0.1, 0.15) is 24.8 Å². The molecule has 31 heavy (non-hydrogen) atoms. The summed E-state index contributed by atoms with van der Waals surface area (Å²) >= 11 is 0. The first-order valence-corrected chi connectivity index (χ1v) is 12.5. The smallest absolute Gasteiger partial charge is 0.213 e. The van der Waals surface area contributed by atoms with Crippen molar-refractivity contribution in [2.45, 2.75) is 31.9 Å². The zero-order chi connectivity index (χ0) is 21.2. The SMILES string of the molecule is CN=C(NCCS(=O)(=O)NCC1CCCCO1)N1CCN(Cc2ccccc2)CC1.I. The van der Waals surface area contributed by atoms with Crippen LogP contribution in [0, 0.1) is 0 Å². The quantitative estimate of drug-likeness (QED) is 0.282. The summed E-state index contributed by atoms with van der Waals surface area (Å²) in [5.74, 6) is 0.785. The van der Waals surface area contributed by atoms with Crippen molar-refractivity contribution in [3.05, 3.63) is 35.9 Å². The van der Waals surface area contributed by atoms with Crippen molar-refractivity contribution in [1.82, 2.24) is 19.8 Å². The normalized spacial score (nSPS) is 20.9. The van der Waals surface area contributed by atoms with Gasteiger partial charge in [0.25, 0.3) is 0 Å². The summed E-state index contributed by atoms with van der Waals surface area (Å²) in [5.41, 5.74) is 1.32. The second-order valence-electron chi connectivity index (χ2n) is 7.88. The largest absolute Gasteiger partial charge is 0.377 e. The molecule has 2 fully saturated rings. The number of nitrogens with zero attached hydrogens (tertiary/aromatic N) is 3. The molecule has 1 atom stereocenters. The van der Waals surface area contributed by atoms with Crippen molar-refractivity contribution in [2.24, 2.45) is 4.99 Å². The second kappa shape index (κ2) is 13.6. The van der Waals surface area contributed by atoms with Gasteiger partial charge in [0.15, 0.2) is 5.96 Å². The van der Waals surface area contributed by atoms with Crippen molar-refractivity contribution in [1.29, 1.82) is 0 Å². The predicted molar refractivity (Wildman–Crippen MR) is 135 cm³/mol. The van der Waals surface area contributed by atoms with Crippen LogP contribution in [0.5, 0.6) is 0 Å². The highest BCUT2D eigenvalue weighted by Gasteiger charge is 2.21. The van der Waals surface area contributed by atoms with Gasteiger partial charge in [-0.3, -0.25) is 9.89 Å². The van der Waals surface area contributed by atoms with E-state index in [9.17, 15) is 8.42 Å². The number of rotatable bonds is 8. The second-order valence-corrected chi connectivity index (χ2v) is 9.81. The molecule has 0 bridgehead atoms. The molecule has 8 nitrogen and oxygen atoms in total. The standard InChI is InChI=1S/C21H35N5O3S.HI/c1-22-21(23-10-16-30(27,28)24-17-20-9-5-6-15-29-20)26-13-11-25(12-14-26)18-19-7-3-2-4-8-19;/h2-4,7-8,20,24H,5-6,9-18H2,1H3,(H,22,23);1H. The summed E-state index contributed by atoms with van der Waals surface area (Å²) in [6, 6.07) is 10.5. The van der Waals surface area contributed by atoms with Crippen LogP contribution in [0.25, 0.3) is 0 Å². The molecule has 0 aromatic heterocycles. The fourth-order valence-corrected chi connectivity index (χ4v) is 4.80. The van der Waals surface area contributed by atoms with Gasteiger partial charge >= 0.3 is 0 Å². The van der Waals surface area contributed by atoms with E-state index in [4.69, 9.17) is 4.74 Å². The minimum Gasteiger partial charge on any atom is -0.377 e. The third-order valence-electron chi connectivity index (χ3n) is 5.59. The van der Waals surface area contributed by atoms with Gasteiger partial charge in [-0.25, -0.2) is 13.1 Å². The Hall–Kier alpha value is -0.950. The fourth-order valence-electron chi connectivity index (χ4n) is 3.85. The van der Waals surface area contributed by atoms with Gasteiger partial charge in [-0.05, 0) is 24.8 Å². The molecule has 0 aliphatic carbocycles. The minimum atomic E-state index is -3.33. The molecule has 0 saturated carbocycles. The number of hydrogen-bond acceptors (Lipinski definition) is 5. The van der Waals surface area contributed by atoms with E-state index in [2.05, 4.69) is 49.1 Å². The van der Waals surface area contributed by atoms with Crippen LogP contribution < -0.4 is 10.0 Å². The number of guanidine groups is 1. The Morgan fingerprint density at radius 3 is 2.55 bits per heavy atom. The van der Waals surface area contributed by atoms with E-state index >= 15 is 0 Å². The van der Waals surface area contributed by atoms with Crippen LogP contribution in [-0.2, 0) is 21.3 Å². The van der Waals surface area contributed by atoms with Crippen LogP contribution in [0.15, 0.2) is 35.3 Å². The average molecular weight is 566 g/mol. The predicted octanol–water partition coefficient (Wildman–Crippen LogP) is 1.49. The summed E-state index contributed by atoms with van der Waals surface area (Å²) in [6.45, 7) is 6.02. The van der Waals surface area contributed by atoms with E-state index < -0.39 is 10.0 Å². The maximum atomic E-state index is 12.3. The molecular weight excluding hydrogens is 529 g/mol. The van der Waals surface area contributed by atoms with Gasteiger partial charge in [-0.15, -0.1) is 24.0 Å². The van der Waals surface area contributed by atoms with Crippen LogP contribution in [0.4, 0.5) is 0 Å². The number of hydrogen-bond donors (Lipinski definition) is 2. The highest BCUT2D eigenvalue weighted by molar-refractivity contribution is 14.0. The number of sulfonamides is 1. The highest BCUT2D eigenvalue weighted by Crippen LogP contribution is 2.12. The number of aliphatic imine (C=N–C) groups is 1. The van der Waals surface area contributed by atoms with Crippen molar-refractivity contribution in [2.75, 3.05) is 58.7 Å². The van der Waals surface area contributed by atoms with Gasteiger partial charge in [0.05, 0.1) is 11.9 Å². The Balaban J connectivity index is 0.00000341. The molecule has 176 valence electrons. The zero-order valence-electron chi connectivity index (χ0n) is 18.3. The molecule has 0 spiro atoms. The van der Waals surface area contributed by atoms with Gasteiger partial charge in [0.2, 0.25) is 10.0 Å². The molecule has 10 heteroatoms. The lowest BCUT2D eigenvalue weighted by Crippen LogP contribution is -2.52. The van der Waals surface area contributed by atoms with E-state index in [1.165, 1.54) is 5.56 Å². The van der Waals surface area contributed by atoms with Crippen LogP contribution in [0.2, 0.25) is 0 Å². The Kier molecular flexibility index (Phi) is 11.5. The van der Waals surface area contributed by atoms with Crippen molar-refractivity contribution >= 4 is 40.0 Å². The van der Waals surface area contributed by atoms with Crippen LogP contribution >= 0.6 is 24.0 Å². The molecule has 2 saturated heterocycles. The van der Waals surface area contributed by atoms with Crippen molar-refractivity contribution in [3.8, 4) is 0 Å². The lowest BCUT2D eigenvalue weighted by Gasteiger charge is -2.36. The Morgan fingerprint density at radius 1 is 1.16 bits per heavy atom. The van der Waals surface area contributed by atoms with Crippen LogP contribution in [-0.4, -0.2) is 89.0 Å². The van der Waals surface area contributed by atoms with Crippen molar-refractivity contribution in [3.63, 3.8) is 0 Å². The summed E-state index contributed by atoms with van der Waals surface area (Å²) in [4.78, 5) is 8.96. The summed E-state index contributed by atoms with van der Waals surface area (Å²) in [7, 11) is -1.59. The number of halogens is 1. The van der Waals surface area contributed by atoms with Gasteiger partial charge < -0.3 is 15.0 Å². The number of nitrogens with one attached hydrogen (secondary N) is 2. The van der Waals surface area contributed by atoms with Gasteiger partial charge in [0, 0.05) is 59.5 Å². The maximum absolute atomic E-state index is 12.3. The Bertz CT molecular complexity index is 764. The van der Waals surface area contributed by atoms with E-state index in [-0.39, 0.29) is 35.8 Å². The summed E-state index contributed by atoms with van der Waals surface area (Å²) in [6.07, 6.45) is 3.08. The molecule has 3 rings (SSSR count). The molecule has 1 aromatic rings. The third kappa shape index (κ3) is 9.21. The summed E-state index contributed by atoms with van der Waals surface area (Å²) < 4.78 is 32.8. The maximum Gasteiger partial charge on any atom is 0.213 e. The Labute approximate surface area is 203 Å². The molecule has 1 aromatic carbocycles. The van der Waals surface area contributed by atoms with Crippen LogP contribution in [0.3, 0.4) is 0 Å². The molecule has 2 N–H and O–H groups in total. The highest BCUT2D eigenvalue weighted by atomic mass is 127. The fraction of sp³-hybridized carbons (Fsp3) is 0.667. The number of piperazine rings is 1. The number of ether oxygens (including phenoxy) is 1. The van der Waals surface area contributed by atoms with E-state index in [0.717, 1.165) is 64.6 Å². The Morgan fingerprint density at radius 2 is 1.90 bits per heavy atom. The van der Waals surface area contributed by atoms with Gasteiger partial charge in [-0.1, -0.05) is 30.3 Å². The van der Waals surface area contributed by atoms with E-state index in [0.29, 0.717) is 13.1 Å². The third-order valence-corrected chi connectivity index (χ3v) is 6.94. The molecule has 2 aliphatic rings. The average Bonchev–Trinajstić information content (AvgIpc) is 2.78. The van der Waals surface area contributed by atoms with Gasteiger partial charge in [-0.2, -0.15) is 0 Å². The van der Waals surface area contributed by atoms with Gasteiger partial charge in [0.1, 0.15) is 0 Å². The first-order chi connectivity index (χ1) is 14.6. The first kappa shape index (κ1) is 26.3. The molecule has 2 aliphatic heterocycles. The monoisotopic (exact) mass is 565 g/mol. The zero-order valence-corrected chi connectivity index (χ0v) is 21.5. The molecular formula is C21H36IN5O3S. The molecule has 2 heterocycles. The lowest BCUT2D eigenvalue weighted by atomic mass is 10.1. The molecule has 1 unspecified atom stereocenters. The van der Waals surface area contributed by atoms with E-state index in [1.54, 1.807) is 7.05 Å².